The molecule has 19 heavy (non-hydrogen) atoms. The first-order valence-electron chi connectivity index (χ1n) is 6.63. The molecule has 7 heteroatoms. The third kappa shape index (κ3) is 4.17. The molecule has 1 saturated heterocycles. The van der Waals surface area contributed by atoms with Crippen molar-refractivity contribution in [3.63, 3.8) is 0 Å². The number of nitrogens with zero attached hydrogens (tertiary/aromatic N) is 3. The van der Waals surface area contributed by atoms with Crippen LogP contribution in [-0.2, 0) is 9.16 Å². The van der Waals surface area contributed by atoms with Crippen molar-refractivity contribution >= 4 is 8.32 Å². The quantitative estimate of drug-likeness (QED) is 0.342. The summed E-state index contributed by atoms with van der Waals surface area (Å²) >= 11 is 0. The van der Waals surface area contributed by atoms with Gasteiger partial charge < -0.3 is 9.16 Å². The minimum Gasteiger partial charge on any atom is -0.414 e. The second kappa shape index (κ2) is 6.22. The van der Waals surface area contributed by atoms with Crippen LogP contribution in [0.4, 0.5) is 4.39 Å². The maximum absolute atomic E-state index is 13.7. The Morgan fingerprint density at radius 3 is 2.63 bits per heavy atom. The van der Waals surface area contributed by atoms with Crippen molar-refractivity contribution in [1.82, 2.24) is 0 Å². The molecular formula is C12H24FN3O2Si. The molecule has 0 unspecified atom stereocenters. The lowest BCUT2D eigenvalue weighted by Gasteiger charge is -2.39. The van der Waals surface area contributed by atoms with Crippen molar-refractivity contribution in [2.75, 3.05) is 13.2 Å². The number of halogens is 1. The predicted molar refractivity (Wildman–Crippen MR) is 75.3 cm³/mol. The minimum absolute atomic E-state index is 0.0881. The van der Waals surface area contributed by atoms with Crippen LogP contribution in [0.3, 0.4) is 0 Å². The van der Waals surface area contributed by atoms with Crippen LogP contribution in [0.25, 0.3) is 10.4 Å². The molecule has 0 aromatic carbocycles. The van der Waals surface area contributed by atoms with Gasteiger partial charge >= 0.3 is 0 Å². The van der Waals surface area contributed by atoms with Crippen molar-refractivity contribution in [2.24, 2.45) is 5.11 Å². The van der Waals surface area contributed by atoms with Gasteiger partial charge in [0.15, 0.2) is 8.32 Å². The van der Waals surface area contributed by atoms with E-state index in [4.69, 9.17) is 14.7 Å². The van der Waals surface area contributed by atoms with Crippen LogP contribution >= 0.6 is 0 Å². The Kier molecular flexibility index (Phi) is 5.38. The molecule has 0 aliphatic carbocycles. The van der Waals surface area contributed by atoms with Gasteiger partial charge in [-0.1, -0.05) is 25.9 Å². The summed E-state index contributed by atoms with van der Waals surface area (Å²) in [6, 6.07) is -0.775. The third-order valence-electron chi connectivity index (χ3n) is 4.08. The zero-order valence-corrected chi connectivity index (χ0v) is 13.4. The van der Waals surface area contributed by atoms with E-state index in [-0.39, 0.29) is 11.5 Å². The number of hydrogen-bond acceptors (Lipinski definition) is 3. The summed E-state index contributed by atoms with van der Waals surface area (Å²) in [5, 5.41) is 3.61. The van der Waals surface area contributed by atoms with Crippen LogP contribution < -0.4 is 0 Å². The molecule has 0 amide bonds. The lowest BCUT2D eigenvalue weighted by atomic mass is 10.0. The van der Waals surface area contributed by atoms with Crippen LogP contribution in [0.5, 0.6) is 0 Å². The summed E-state index contributed by atoms with van der Waals surface area (Å²) in [5.74, 6) is 0. The topological polar surface area (TPSA) is 67.2 Å². The highest BCUT2D eigenvalue weighted by Crippen LogP contribution is 2.37. The standard InChI is InChI=1S/C12H24FN3O2Si/c1-12(2,3)19(4,5)18-8-10-11(15-16-14)9(13)6-7-17-10/h9-11H,6-8H2,1-5H3/t9-,10-,11-/m1/s1. The average Bonchev–Trinajstić information content (AvgIpc) is 2.28. The molecule has 1 aliphatic rings. The van der Waals surface area contributed by atoms with Crippen molar-refractivity contribution in [3.8, 4) is 0 Å². The van der Waals surface area contributed by atoms with E-state index in [1.807, 2.05) is 0 Å². The van der Waals surface area contributed by atoms with Crippen LogP contribution in [0.1, 0.15) is 27.2 Å². The number of alkyl halides is 1. The maximum atomic E-state index is 13.7. The van der Waals surface area contributed by atoms with E-state index >= 15 is 0 Å². The Balaban J connectivity index is 2.67. The molecule has 5 nitrogen and oxygen atoms in total. The van der Waals surface area contributed by atoms with E-state index in [0.717, 1.165) is 0 Å². The van der Waals surface area contributed by atoms with Gasteiger partial charge in [0.25, 0.3) is 0 Å². The molecule has 1 heterocycles. The van der Waals surface area contributed by atoms with Gasteiger partial charge in [0.05, 0.1) is 18.8 Å². The molecule has 1 fully saturated rings. The monoisotopic (exact) mass is 289 g/mol. The number of hydrogen-bond donors (Lipinski definition) is 0. The van der Waals surface area contributed by atoms with Crippen molar-refractivity contribution in [3.05, 3.63) is 10.4 Å². The van der Waals surface area contributed by atoms with E-state index in [0.29, 0.717) is 13.2 Å². The highest BCUT2D eigenvalue weighted by molar-refractivity contribution is 6.74. The van der Waals surface area contributed by atoms with Crippen molar-refractivity contribution < 1.29 is 13.6 Å². The van der Waals surface area contributed by atoms with Crippen molar-refractivity contribution in [1.29, 1.82) is 0 Å². The smallest absolute Gasteiger partial charge is 0.192 e. The fourth-order valence-corrected chi connectivity index (χ4v) is 2.71. The molecule has 3 atom stereocenters. The Bertz CT molecular complexity index is 353. The van der Waals surface area contributed by atoms with E-state index in [2.05, 4.69) is 43.9 Å². The van der Waals surface area contributed by atoms with Gasteiger partial charge in [-0.05, 0) is 23.7 Å². The SMILES string of the molecule is CC(C)(C)[Si](C)(C)OC[C@H]1OCC[C@@H](F)[C@H]1N=[N+]=[N-]. The van der Waals surface area contributed by atoms with E-state index < -0.39 is 26.6 Å². The van der Waals surface area contributed by atoms with Gasteiger partial charge in [-0.2, -0.15) is 0 Å². The number of ether oxygens (including phenoxy) is 1. The van der Waals surface area contributed by atoms with E-state index in [1.165, 1.54) is 0 Å². The summed E-state index contributed by atoms with van der Waals surface area (Å²) in [5.41, 5.74) is 8.52. The molecule has 0 spiro atoms. The second-order valence-electron chi connectivity index (χ2n) is 6.48. The predicted octanol–water partition coefficient (Wildman–Crippen LogP) is 3.81. The molecule has 0 aromatic rings. The van der Waals surface area contributed by atoms with Gasteiger partial charge in [-0.3, -0.25) is 0 Å². The zero-order chi connectivity index (χ0) is 14.7. The molecule has 0 bridgehead atoms. The lowest BCUT2D eigenvalue weighted by molar-refractivity contribution is -0.0559. The number of azide groups is 1. The van der Waals surface area contributed by atoms with E-state index in [1.54, 1.807) is 0 Å². The first-order chi connectivity index (χ1) is 8.69. The second-order valence-corrected chi connectivity index (χ2v) is 11.3. The fraction of sp³-hybridized carbons (Fsp3) is 1.00. The fourth-order valence-electron chi connectivity index (χ4n) is 1.69. The summed E-state index contributed by atoms with van der Waals surface area (Å²) in [6.07, 6.45) is -1.34. The summed E-state index contributed by atoms with van der Waals surface area (Å²) in [6.45, 7) is 11.3. The third-order valence-corrected chi connectivity index (χ3v) is 8.58. The van der Waals surface area contributed by atoms with Crippen LogP contribution in [0.2, 0.25) is 18.1 Å². The van der Waals surface area contributed by atoms with Crippen LogP contribution in [-0.4, -0.2) is 39.8 Å². The molecule has 110 valence electrons. The van der Waals surface area contributed by atoms with Crippen molar-refractivity contribution in [2.45, 2.75) is 63.6 Å². The van der Waals surface area contributed by atoms with Gasteiger partial charge in [0, 0.05) is 17.9 Å². The molecule has 0 aromatic heterocycles. The molecule has 1 rings (SSSR count). The molecule has 1 aliphatic heterocycles. The Labute approximate surface area is 115 Å². The van der Waals surface area contributed by atoms with Crippen LogP contribution in [0, 0.1) is 0 Å². The highest BCUT2D eigenvalue weighted by atomic mass is 28.4. The highest BCUT2D eigenvalue weighted by Gasteiger charge is 2.40. The van der Waals surface area contributed by atoms with E-state index in [9.17, 15) is 4.39 Å². The van der Waals surface area contributed by atoms with Gasteiger partial charge in [-0.25, -0.2) is 4.39 Å². The zero-order valence-electron chi connectivity index (χ0n) is 12.4. The first kappa shape index (κ1) is 16.4. The Morgan fingerprint density at radius 2 is 2.11 bits per heavy atom. The first-order valence-corrected chi connectivity index (χ1v) is 9.54. The normalized spacial score (nSPS) is 28.8. The van der Waals surface area contributed by atoms with Gasteiger partial charge in [-0.15, -0.1) is 0 Å². The number of rotatable bonds is 4. The Hall–Kier alpha value is -0.623. The molecule has 0 N–H and O–H groups in total. The minimum atomic E-state index is -1.90. The summed E-state index contributed by atoms with van der Waals surface area (Å²) in [4.78, 5) is 2.71. The van der Waals surface area contributed by atoms with Crippen LogP contribution in [0.15, 0.2) is 5.11 Å². The largest absolute Gasteiger partial charge is 0.414 e. The Morgan fingerprint density at radius 1 is 1.47 bits per heavy atom. The van der Waals surface area contributed by atoms with Gasteiger partial charge in [0.1, 0.15) is 6.17 Å². The molecule has 0 saturated carbocycles. The summed E-state index contributed by atoms with van der Waals surface area (Å²) in [7, 11) is -1.90. The molecule has 0 radical (unpaired) electrons. The molecular weight excluding hydrogens is 265 g/mol. The average molecular weight is 289 g/mol. The maximum Gasteiger partial charge on any atom is 0.192 e. The summed E-state index contributed by atoms with van der Waals surface area (Å²) < 4.78 is 25.3. The lowest BCUT2D eigenvalue weighted by Crippen LogP contribution is -2.48. The van der Waals surface area contributed by atoms with Gasteiger partial charge in [0.2, 0.25) is 0 Å².